The molecule has 0 spiro atoms. The molecule has 0 saturated heterocycles. The molecule has 0 N–H and O–H groups in total. The molecule has 0 unspecified atom stereocenters. The summed E-state index contributed by atoms with van der Waals surface area (Å²) in [5.74, 6) is 1.11. The van der Waals surface area contributed by atoms with Gasteiger partial charge < -0.3 is 9.15 Å². The molecule has 2 aromatic carbocycles. The zero-order chi connectivity index (χ0) is 18.5. The Morgan fingerprint density at radius 1 is 1.08 bits per heavy atom. The molecule has 8 heteroatoms. The zero-order valence-electron chi connectivity index (χ0n) is 14.1. The number of nitrogens with zero attached hydrogens (tertiary/aromatic N) is 3. The van der Waals surface area contributed by atoms with Gasteiger partial charge in [-0.05, 0) is 61.2 Å². The van der Waals surface area contributed by atoms with E-state index in [0.717, 1.165) is 17.1 Å². The molecule has 0 atom stereocenters. The standard InChI is InChI=1S/C18H17Cl2N3O2S/c1-22(10-13-2-4-14(19)5-3-13)12-23-18(26)25-17(21-23)11-24-16-8-6-15(20)7-9-16/h2-9H,10-12H2,1H3. The van der Waals surface area contributed by atoms with Gasteiger partial charge in [0.15, 0.2) is 6.61 Å². The fourth-order valence-electron chi connectivity index (χ4n) is 2.35. The van der Waals surface area contributed by atoms with E-state index in [9.17, 15) is 0 Å². The van der Waals surface area contributed by atoms with Crippen molar-refractivity contribution in [3.63, 3.8) is 0 Å². The Morgan fingerprint density at radius 2 is 1.69 bits per heavy atom. The first-order valence-electron chi connectivity index (χ1n) is 7.88. The van der Waals surface area contributed by atoms with E-state index in [-0.39, 0.29) is 6.61 Å². The lowest BCUT2D eigenvalue weighted by Crippen LogP contribution is -2.22. The molecule has 1 heterocycles. The molecule has 3 aromatic rings. The van der Waals surface area contributed by atoms with Gasteiger partial charge in [-0.2, -0.15) is 0 Å². The van der Waals surface area contributed by atoms with Crippen molar-refractivity contribution in [2.75, 3.05) is 7.05 Å². The minimum atomic E-state index is 0.194. The third-order valence-corrected chi connectivity index (χ3v) is 4.36. The summed E-state index contributed by atoms with van der Waals surface area (Å²) in [6.07, 6.45) is 0. The maximum atomic E-state index is 5.91. The summed E-state index contributed by atoms with van der Waals surface area (Å²) in [5.41, 5.74) is 1.15. The molecule has 26 heavy (non-hydrogen) atoms. The lowest BCUT2D eigenvalue weighted by atomic mass is 10.2. The van der Waals surface area contributed by atoms with Gasteiger partial charge in [0.2, 0.25) is 0 Å². The number of hydrogen-bond donors (Lipinski definition) is 0. The van der Waals surface area contributed by atoms with Crippen LogP contribution >= 0.6 is 35.4 Å². The molecule has 0 aliphatic carbocycles. The normalized spacial score (nSPS) is 11.1. The Hall–Kier alpha value is -1.86. The quantitative estimate of drug-likeness (QED) is 0.502. The van der Waals surface area contributed by atoms with Gasteiger partial charge in [0.1, 0.15) is 5.75 Å². The summed E-state index contributed by atoms with van der Waals surface area (Å²) >= 11 is 17.0. The van der Waals surface area contributed by atoms with Crippen LogP contribution in [0.15, 0.2) is 52.9 Å². The Labute approximate surface area is 166 Å². The van der Waals surface area contributed by atoms with Crippen molar-refractivity contribution in [1.29, 1.82) is 0 Å². The smallest absolute Gasteiger partial charge is 0.288 e. The van der Waals surface area contributed by atoms with Crippen molar-refractivity contribution >= 4 is 35.4 Å². The summed E-state index contributed by atoms with van der Waals surface area (Å²) in [7, 11) is 1.98. The molecule has 0 radical (unpaired) electrons. The summed E-state index contributed by atoms with van der Waals surface area (Å²) in [4.78, 5) is 2.38. The van der Waals surface area contributed by atoms with Gasteiger partial charge in [-0.15, -0.1) is 5.10 Å². The van der Waals surface area contributed by atoms with Crippen molar-refractivity contribution in [1.82, 2.24) is 14.7 Å². The van der Waals surface area contributed by atoms with Crippen molar-refractivity contribution in [3.8, 4) is 5.75 Å². The van der Waals surface area contributed by atoms with Crippen LogP contribution in [0, 0.1) is 4.84 Å². The van der Waals surface area contributed by atoms with Crippen LogP contribution in [0.3, 0.4) is 0 Å². The molecule has 1 aromatic heterocycles. The van der Waals surface area contributed by atoms with Gasteiger partial charge in [0.25, 0.3) is 10.7 Å². The number of benzene rings is 2. The highest BCUT2D eigenvalue weighted by atomic mass is 35.5. The van der Waals surface area contributed by atoms with Crippen LogP contribution in [0.5, 0.6) is 5.75 Å². The maximum absolute atomic E-state index is 5.91. The Bertz CT molecular complexity index is 907. The van der Waals surface area contributed by atoms with Crippen molar-refractivity contribution in [2.24, 2.45) is 0 Å². The van der Waals surface area contributed by atoms with E-state index in [0.29, 0.717) is 28.2 Å². The van der Waals surface area contributed by atoms with Gasteiger partial charge in [-0.25, -0.2) is 4.68 Å². The van der Waals surface area contributed by atoms with Crippen LogP contribution in [-0.2, 0) is 19.8 Å². The minimum Gasteiger partial charge on any atom is -0.484 e. The van der Waals surface area contributed by atoms with Crippen LogP contribution in [-0.4, -0.2) is 21.7 Å². The third-order valence-electron chi connectivity index (χ3n) is 3.57. The first kappa shape index (κ1) is 18.9. The highest BCUT2D eigenvalue weighted by molar-refractivity contribution is 7.71. The number of aromatic nitrogens is 2. The Morgan fingerprint density at radius 3 is 2.35 bits per heavy atom. The predicted molar refractivity (Wildman–Crippen MR) is 104 cm³/mol. The monoisotopic (exact) mass is 409 g/mol. The average molecular weight is 410 g/mol. The highest BCUT2D eigenvalue weighted by Crippen LogP contribution is 2.17. The lowest BCUT2D eigenvalue weighted by Gasteiger charge is -2.15. The van der Waals surface area contributed by atoms with E-state index in [4.69, 9.17) is 44.6 Å². The van der Waals surface area contributed by atoms with Gasteiger partial charge in [-0.3, -0.25) is 4.90 Å². The van der Waals surface area contributed by atoms with Crippen molar-refractivity contribution in [3.05, 3.63) is 74.9 Å². The summed E-state index contributed by atoms with van der Waals surface area (Å²) < 4.78 is 12.8. The SMILES string of the molecule is CN(Cc1ccc(Cl)cc1)Cn1nc(COc2ccc(Cl)cc2)oc1=S. The van der Waals surface area contributed by atoms with Gasteiger partial charge >= 0.3 is 0 Å². The average Bonchev–Trinajstić information content (AvgIpc) is 2.96. The van der Waals surface area contributed by atoms with E-state index < -0.39 is 0 Å². The number of ether oxygens (including phenoxy) is 1. The van der Waals surface area contributed by atoms with Crippen LogP contribution in [0.25, 0.3) is 0 Å². The maximum Gasteiger partial charge on any atom is 0.288 e. The minimum absolute atomic E-state index is 0.194. The molecule has 0 amide bonds. The second kappa shape index (κ2) is 8.68. The number of hydrogen-bond acceptors (Lipinski definition) is 5. The van der Waals surface area contributed by atoms with Crippen LogP contribution in [0.4, 0.5) is 0 Å². The van der Waals surface area contributed by atoms with Crippen LogP contribution < -0.4 is 4.74 Å². The fraction of sp³-hybridized carbons (Fsp3) is 0.222. The predicted octanol–water partition coefficient (Wildman–Crippen LogP) is 5.18. The lowest BCUT2D eigenvalue weighted by molar-refractivity contribution is 0.240. The van der Waals surface area contributed by atoms with E-state index in [2.05, 4.69) is 10.00 Å². The molecule has 136 valence electrons. The Balaban J connectivity index is 1.57. The molecule has 3 rings (SSSR count). The molecule has 0 saturated carbocycles. The van der Waals surface area contributed by atoms with E-state index >= 15 is 0 Å². The van der Waals surface area contributed by atoms with E-state index in [1.165, 1.54) is 0 Å². The summed E-state index contributed by atoms with van der Waals surface area (Å²) in [5, 5.41) is 5.75. The number of halogens is 2. The van der Waals surface area contributed by atoms with Gasteiger partial charge in [0, 0.05) is 16.6 Å². The fourth-order valence-corrected chi connectivity index (χ4v) is 2.80. The number of rotatable bonds is 7. The summed E-state index contributed by atoms with van der Waals surface area (Å²) in [6.45, 7) is 1.44. The third kappa shape index (κ3) is 5.32. The van der Waals surface area contributed by atoms with E-state index in [1.54, 1.807) is 28.9 Å². The molecule has 0 aliphatic rings. The molecular formula is C18H17Cl2N3O2S. The highest BCUT2D eigenvalue weighted by Gasteiger charge is 2.09. The van der Waals surface area contributed by atoms with Gasteiger partial charge in [0.05, 0.1) is 6.67 Å². The first-order chi connectivity index (χ1) is 12.5. The molecule has 0 bridgehead atoms. The second-order valence-corrected chi connectivity index (χ2v) is 7.01. The second-order valence-electron chi connectivity index (χ2n) is 5.79. The molecule has 0 aliphatic heterocycles. The Kier molecular flexibility index (Phi) is 6.32. The van der Waals surface area contributed by atoms with Crippen molar-refractivity contribution < 1.29 is 9.15 Å². The van der Waals surface area contributed by atoms with Crippen LogP contribution in [0.2, 0.25) is 10.0 Å². The van der Waals surface area contributed by atoms with E-state index in [1.807, 2.05) is 31.3 Å². The largest absolute Gasteiger partial charge is 0.484 e. The first-order valence-corrected chi connectivity index (χ1v) is 9.04. The van der Waals surface area contributed by atoms with Crippen molar-refractivity contribution in [2.45, 2.75) is 19.8 Å². The zero-order valence-corrected chi connectivity index (χ0v) is 16.4. The topological polar surface area (TPSA) is 43.4 Å². The molecule has 5 nitrogen and oxygen atoms in total. The molecular weight excluding hydrogens is 393 g/mol. The molecule has 0 fully saturated rings. The summed E-state index contributed by atoms with van der Waals surface area (Å²) in [6, 6.07) is 14.8. The van der Waals surface area contributed by atoms with Gasteiger partial charge in [-0.1, -0.05) is 35.3 Å². The van der Waals surface area contributed by atoms with Crippen LogP contribution in [0.1, 0.15) is 11.5 Å².